The van der Waals surface area contributed by atoms with Crippen LogP contribution < -0.4 is 10.2 Å². The molecule has 1 N–H and O–H groups in total. The monoisotopic (exact) mass is 399 g/mol. The number of carbonyl (C=O) groups excluding carboxylic acids is 2. The molecule has 0 unspecified atom stereocenters. The lowest BCUT2D eigenvalue weighted by Gasteiger charge is -2.43. The number of nitrogens with zero attached hydrogens (tertiary/aromatic N) is 4. The van der Waals surface area contributed by atoms with Gasteiger partial charge in [-0.1, -0.05) is 0 Å². The Hall–Kier alpha value is -3.23. The lowest BCUT2D eigenvalue weighted by atomic mass is 10.1. The summed E-state index contributed by atoms with van der Waals surface area (Å²) in [4.78, 5) is 36.6. The molecule has 3 heterocycles. The van der Waals surface area contributed by atoms with E-state index in [0.717, 1.165) is 5.56 Å². The molecular formula is C20H22FN5O3. The van der Waals surface area contributed by atoms with Crippen LogP contribution in [0.4, 0.5) is 26.6 Å². The van der Waals surface area contributed by atoms with Gasteiger partial charge in [-0.15, -0.1) is 0 Å². The van der Waals surface area contributed by atoms with Crippen LogP contribution in [0, 0.1) is 5.82 Å². The van der Waals surface area contributed by atoms with Gasteiger partial charge in [0.2, 0.25) is 11.9 Å². The molecule has 0 spiro atoms. The first-order chi connectivity index (χ1) is 13.7. The van der Waals surface area contributed by atoms with Crippen molar-refractivity contribution in [1.82, 2.24) is 14.9 Å². The van der Waals surface area contributed by atoms with Crippen molar-refractivity contribution in [3.8, 4) is 0 Å². The van der Waals surface area contributed by atoms with Gasteiger partial charge >= 0.3 is 6.09 Å². The number of hydrogen-bond acceptors (Lipinski definition) is 6. The molecule has 9 heteroatoms. The summed E-state index contributed by atoms with van der Waals surface area (Å²) < 4.78 is 18.4. The number of rotatable bonds is 3. The Morgan fingerprint density at radius 2 is 1.93 bits per heavy atom. The van der Waals surface area contributed by atoms with Gasteiger partial charge in [-0.25, -0.2) is 14.2 Å². The van der Waals surface area contributed by atoms with Crippen molar-refractivity contribution in [2.45, 2.75) is 38.8 Å². The first kappa shape index (κ1) is 19.1. The van der Waals surface area contributed by atoms with Crippen molar-refractivity contribution >= 4 is 29.5 Å². The Morgan fingerprint density at radius 3 is 2.59 bits per heavy atom. The quantitative estimate of drug-likeness (QED) is 0.854. The van der Waals surface area contributed by atoms with Gasteiger partial charge in [0.15, 0.2) is 0 Å². The Morgan fingerprint density at radius 1 is 1.24 bits per heavy atom. The predicted octanol–water partition coefficient (Wildman–Crippen LogP) is 2.87. The first-order valence-corrected chi connectivity index (χ1v) is 9.38. The van der Waals surface area contributed by atoms with E-state index < -0.39 is 5.60 Å². The fourth-order valence-corrected chi connectivity index (χ4v) is 3.29. The lowest BCUT2D eigenvalue weighted by Crippen LogP contribution is -2.62. The van der Waals surface area contributed by atoms with Gasteiger partial charge in [-0.3, -0.25) is 9.69 Å². The van der Waals surface area contributed by atoms with Crippen LogP contribution in [0.5, 0.6) is 0 Å². The number of likely N-dealkylation sites (tertiary alicyclic amines) is 1. The van der Waals surface area contributed by atoms with Crippen molar-refractivity contribution in [2.24, 2.45) is 0 Å². The Labute approximate surface area is 167 Å². The predicted molar refractivity (Wildman–Crippen MR) is 104 cm³/mol. The molecule has 2 aliphatic heterocycles. The Kier molecular flexibility index (Phi) is 4.60. The Balaban J connectivity index is 1.47. The van der Waals surface area contributed by atoms with Gasteiger partial charge in [-0.05, 0) is 45.0 Å². The summed E-state index contributed by atoms with van der Waals surface area (Å²) in [6.45, 7) is 6.23. The number of nitrogens with one attached hydrogen (secondary N) is 1. The summed E-state index contributed by atoms with van der Waals surface area (Å²) in [6, 6.07) is 5.69. The summed E-state index contributed by atoms with van der Waals surface area (Å²) in [6.07, 6.45) is 1.47. The third-order valence-electron chi connectivity index (χ3n) is 4.66. The summed E-state index contributed by atoms with van der Waals surface area (Å²) >= 11 is 0. The number of hydrogen-bond donors (Lipinski definition) is 1. The van der Waals surface area contributed by atoms with Crippen molar-refractivity contribution in [2.75, 3.05) is 23.3 Å². The van der Waals surface area contributed by atoms with Gasteiger partial charge in [0.25, 0.3) is 0 Å². The average molecular weight is 399 g/mol. The van der Waals surface area contributed by atoms with Gasteiger partial charge in [-0.2, -0.15) is 4.98 Å². The van der Waals surface area contributed by atoms with E-state index in [9.17, 15) is 14.0 Å². The molecule has 2 aliphatic rings. The van der Waals surface area contributed by atoms with E-state index in [1.807, 2.05) is 20.8 Å². The molecule has 29 heavy (non-hydrogen) atoms. The molecule has 1 fully saturated rings. The smallest absolute Gasteiger partial charge is 0.410 e. The minimum Gasteiger partial charge on any atom is -0.444 e. The van der Waals surface area contributed by atoms with Crippen LogP contribution in [0.3, 0.4) is 0 Å². The van der Waals surface area contributed by atoms with Crippen molar-refractivity contribution < 1.29 is 18.7 Å². The normalized spacial score (nSPS) is 16.5. The van der Waals surface area contributed by atoms with Crippen LogP contribution in [-0.2, 0) is 16.0 Å². The molecule has 4 rings (SSSR count). The largest absolute Gasteiger partial charge is 0.444 e. The molecule has 152 valence electrons. The topological polar surface area (TPSA) is 87.7 Å². The summed E-state index contributed by atoms with van der Waals surface area (Å²) in [5.41, 5.74) is 0.823. The third-order valence-corrected chi connectivity index (χ3v) is 4.66. The second-order valence-electron chi connectivity index (χ2n) is 8.15. The zero-order valence-corrected chi connectivity index (χ0v) is 16.5. The molecule has 8 nitrogen and oxygen atoms in total. The van der Waals surface area contributed by atoms with Crippen molar-refractivity contribution in [3.05, 3.63) is 41.8 Å². The highest BCUT2D eigenvalue weighted by atomic mass is 19.1. The number of amides is 2. The van der Waals surface area contributed by atoms with E-state index in [-0.39, 0.29) is 30.3 Å². The number of anilines is 3. The molecule has 0 radical (unpaired) electrons. The molecular weight excluding hydrogens is 377 g/mol. The highest BCUT2D eigenvalue weighted by Crippen LogP contribution is 2.32. The third kappa shape index (κ3) is 3.98. The standard InChI is InChI=1S/C20H22FN5O3/c1-20(2,3)29-19(28)25-10-15(11-25)26-16(27)8-12-9-22-18(24-17(12)26)23-14-6-4-13(21)5-7-14/h4-7,9,15H,8,10-11H2,1-3H3,(H,22,23,24). The number of carbonyl (C=O) groups is 2. The molecule has 0 aliphatic carbocycles. The number of fused-ring (bicyclic) bond motifs is 1. The van der Waals surface area contributed by atoms with Crippen LogP contribution in [0.2, 0.25) is 0 Å². The molecule has 2 aromatic rings. The van der Waals surface area contributed by atoms with E-state index in [1.165, 1.54) is 12.1 Å². The maximum absolute atomic E-state index is 13.1. The highest BCUT2D eigenvalue weighted by Gasteiger charge is 2.43. The SMILES string of the molecule is CC(C)(C)OC(=O)N1CC(N2C(=O)Cc3cnc(Nc4ccc(F)cc4)nc32)C1. The molecule has 2 amide bonds. The summed E-state index contributed by atoms with van der Waals surface area (Å²) in [5.74, 6) is 0.464. The molecule has 1 aromatic carbocycles. The highest BCUT2D eigenvalue weighted by molar-refractivity contribution is 6.01. The lowest BCUT2D eigenvalue weighted by molar-refractivity contribution is -0.118. The molecule has 0 bridgehead atoms. The second-order valence-corrected chi connectivity index (χ2v) is 8.15. The van der Waals surface area contributed by atoms with Crippen molar-refractivity contribution in [3.63, 3.8) is 0 Å². The first-order valence-electron chi connectivity index (χ1n) is 9.38. The molecule has 0 saturated carbocycles. The molecule has 0 atom stereocenters. The second kappa shape index (κ2) is 6.98. The van der Waals surface area contributed by atoms with E-state index in [0.29, 0.717) is 30.5 Å². The van der Waals surface area contributed by atoms with Crippen LogP contribution in [0.1, 0.15) is 26.3 Å². The van der Waals surface area contributed by atoms with Gasteiger partial charge in [0.1, 0.15) is 17.2 Å². The molecule has 1 saturated heterocycles. The molecule has 1 aromatic heterocycles. The fraction of sp³-hybridized carbons (Fsp3) is 0.400. The van der Waals surface area contributed by atoms with E-state index in [1.54, 1.807) is 28.1 Å². The van der Waals surface area contributed by atoms with Gasteiger partial charge in [0.05, 0.1) is 12.5 Å². The van der Waals surface area contributed by atoms with Gasteiger partial charge < -0.3 is 15.0 Å². The van der Waals surface area contributed by atoms with Crippen LogP contribution in [-0.4, -0.2) is 51.6 Å². The fourth-order valence-electron chi connectivity index (χ4n) is 3.29. The van der Waals surface area contributed by atoms with Gasteiger partial charge in [0, 0.05) is 30.5 Å². The average Bonchev–Trinajstić information content (AvgIpc) is 2.90. The Bertz CT molecular complexity index is 952. The zero-order valence-electron chi connectivity index (χ0n) is 16.5. The minimum absolute atomic E-state index is 0.0675. The van der Waals surface area contributed by atoms with E-state index in [2.05, 4.69) is 15.3 Å². The number of halogens is 1. The van der Waals surface area contributed by atoms with E-state index >= 15 is 0 Å². The summed E-state index contributed by atoms with van der Waals surface area (Å²) in [7, 11) is 0. The zero-order chi connectivity index (χ0) is 20.8. The minimum atomic E-state index is -0.563. The number of benzene rings is 1. The van der Waals surface area contributed by atoms with Crippen LogP contribution in [0.25, 0.3) is 0 Å². The number of aromatic nitrogens is 2. The number of ether oxygens (including phenoxy) is 1. The van der Waals surface area contributed by atoms with Crippen LogP contribution in [0.15, 0.2) is 30.5 Å². The van der Waals surface area contributed by atoms with E-state index in [4.69, 9.17) is 4.74 Å². The van der Waals surface area contributed by atoms with Crippen LogP contribution >= 0.6 is 0 Å². The maximum Gasteiger partial charge on any atom is 0.410 e. The maximum atomic E-state index is 13.1. The summed E-state index contributed by atoms with van der Waals surface area (Å²) in [5, 5.41) is 3.01. The van der Waals surface area contributed by atoms with Crippen molar-refractivity contribution in [1.29, 1.82) is 0 Å².